The predicted molar refractivity (Wildman–Crippen MR) is 123 cm³/mol. The Morgan fingerprint density at radius 3 is 2.22 bits per heavy atom. The molecule has 1 atom stereocenters. The number of rotatable bonds is 8. The molecule has 1 saturated carbocycles. The van der Waals surface area contributed by atoms with Crippen molar-refractivity contribution in [1.29, 1.82) is 0 Å². The van der Waals surface area contributed by atoms with Crippen molar-refractivity contribution in [2.75, 3.05) is 26.2 Å². The average molecular weight is 479 g/mol. The summed E-state index contributed by atoms with van der Waals surface area (Å²) in [6, 6.07) is 20.8. The van der Waals surface area contributed by atoms with Crippen LogP contribution < -0.4 is 10.6 Å². The molecule has 2 aromatic carbocycles. The third-order valence-corrected chi connectivity index (χ3v) is 5.13. The van der Waals surface area contributed by atoms with E-state index in [0.717, 1.165) is 24.6 Å². The van der Waals surface area contributed by atoms with Gasteiger partial charge < -0.3 is 15.7 Å². The number of nitrogens with one attached hydrogen (secondary N) is 2. The van der Waals surface area contributed by atoms with E-state index in [4.69, 9.17) is 4.99 Å². The second-order valence-electron chi connectivity index (χ2n) is 7.01. The fourth-order valence-electron chi connectivity index (χ4n) is 3.29. The second-order valence-corrected chi connectivity index (χ2v) is 7.01. The van der Waals surface area contributed by atoms with Crippen molar-refractivity contribution in [3.05, 3.63) is 71.8 Å². The molecular formula is C22H30IN3O. The molecule has 0 aromatic heterocycles. The highest BCUT2D eigenvalue weighted by Crippen LogP contribution is 2.48. The number of halogens is 1. The van der Waals surface area contributed by atoms with Crippen LogP contribution in [0.15, 0.2) is 65.7 Å². The van der Waals surface area contributed by atoms with E-state index in [2.05, 4.69) is 60.0 Å². The molecule has 27 heavy (non-hydrogen) atoms. The molecule has 0 radical (unpaired) electrons. The maximum atomic E-state index is 9.74. The predicted octanol–water partition coefficient (Wildman–Crippen LogP) is 3.67. The Labute approximate surface area is 179 Å². The Bertz CT molecular complexity index is 702. The minimum atomic E-state index is 0. The molecule has 1 unspecified atom stereocenters. The number of hydrogen-bond acceptors (Lipinski definition) is 2. The topological polar surface area (TPSA) is 56.7 Å². The number of benzene rings is 2. The molecule has 1 fully saturated rings. The van der Waals surface area contributed by atoms with Gasteiger partial charge in [0.1, 0.15) is 0 Å². The van der Waals surface area contributed by atoms with E-state index in [9.17, 15) is 5.11 Å². The minimum absolute atomic E-state index is 0. The lowest BCUT2D eigenvalue weighted by molar-refractivity contribution is 0.265. The zero-order valence-corrected chi connectivity index (χ0v) is 18.2. The van der Waals surface area contributed by atoms with Gasteiger partial charge in [-0.1, -0.05) is 60.7 Å². The molecular weight excluding hydrogens is 449 g/mol. The summed E-state index contributed by atoms with van der Waals surface area (Å²) in [6.45, 7) is 4.46. The molecule has 3 N–H and O–H groups in total. The molecule has 146 valence electrons. The Kier molecular flexibility index (Phi) is 8.57. The molecule has 5 heteroatoms. The number of guanidine groups is 1. The lowest BCUT2D eigenvalue weighted by Crippen LogP contribution is -2.40. The number of aliphatic imine (C=N–C) groups is 1. The highest BCUT2D eigenvalue weighted by atomic mass is 127. The van der Waals surface area contributed by atoms with Crippen molar-refractivity contribution in [1.82, 2.24) is 10.6 Å². The van der Waals surface area contributed by atoms with Crippen LogP contribution >= 0.6 is 24.0 Å². The monoisotopic (exact) mass is 479 g/mol. The summed E-state index contributed by atoms with van der Waals surface area (Å²) < 4.78 is 0. The van der Waals surface area contributed by atoms with Gasteiger partial charge in [0.2, 0.25) is 0 Å². The van der Waals surface area contributed by atoms with Gasteiger partial charge in [0.25, 0.3) is 0 Å². The van der Waals surface area contributed by atoms with Crippen LogP contribution in [0.25, 0.3) is 0 Å². The van der Waals surface area contributed by atoms with Crippen molar-refractivity contribution in [2.24, 2.45) is 4.99 Å². The molecule has 2 aromatic rings. The van der Waals surface area contributed by atoms with Crippen molar-refractivity contribution in [3.63, 3.8) is 0 Å². The lowest BCUT2D eigenvalue weighted by atomic mass is 9.96. The molecule has 1 aliphatic rings. The van der Waals surface area contributed by atoms with Gasteiger partial charge in [-0.15, -0.1) is 24.0 Å². The zero-order chi connectivity index (χ0) is 18.2. The van der Waals surface area contributed by atoms with E-state index < -0.39 is 0 Å². The zero-order valence-electron chi connectivity index (χ0n) is 15.9. The standard InChI is InChI=1S/C22H29N3O.HI/c1-2-23-21(24-15-19(16-26)18-9-5-3-6-10-18)25-17-22(13-14-22)20-11-7-4-8-12-20;/h3-12,19,26H,2,13-17H2,1H3,(H2,23,24,25);1H. The highest BCUT2D eigenvalue weighted by Gasteiger charge is 2.43. The van der Waals surface area contributed by atoms with Crippen LogP contribution in [0.5, 0.6) is 0 Å². The Morgan fingerprint density at radius 1 is 1.04 bits per heavy atom. The quantitative estimate of drug-likeness (QED) is 0.308. The molecule has 0 heterocycles. The van der Waals surface area contributed by atoms with Gasteiger partial charge in [-0.05, 0) is 30.9 Å². The summed E-state index contributed by atoms with van der Waals surface area (Å²) in [5, 5.41) is 16.5. The third kappa shape index (κ3) is 5.94. The lowest BCUT2D eigenvalue weighted by Gasteiger charge is -2.19. The first-order valence-electron chi connectivity index (χ1n) is 9.51. The van der Waals surface area contributed by atoms with Gasteiger partial charge in [-0.2, -0.15) is 0 Å². The second kappa shape index (κ2) is 10.7. The maximum Gasteiger partial charge on any atom is 0.191 e. The summed E-state index contributed by atoms with van der Waals surface area (Å²) in [7, 11) is 0. The Balaban J connectivity index is 0.00000261. The number of hydrogen-bond donors (Lipinski definition) is 3. The molecule has 0 bridgehead atoms. The normalized spacial score (nSPS) is 16.1. The number of nitrogens with zero attached hydrogens (tertiary/aromatic N) is 1. The first-order chi connectivity index (χ1) is 12.8. The molecule has 0 aliphatic heterocycles. The first kappa shape index (κ1) is 21.7. The largest absolute Gasteiger partial charge is 0.396 e. The molecule has 0 spiro atoms. The molecule has 4 nitrogen and oxygen atoms in total. The van der Waals surface area contributed by atoms with E-state index in [0.29, 0.717) is 6.54 Å². The number of aliphatic hydroxyl groups is 1. The fourth-order valence-corrected chi connectivity index (χ4v) is 3.29. The Morgan fingerprint density at radius 2 is 1.67 bits per heavy atom. The van der Waals surface area contributed by atoms with Crippen LogP contribution in [0.2, 0.25) is 0 Å². The molecule has 3 rings (SSSR count). The summed E-state index contributed by atoms with van der Waals surface area (Å²) in [5.41, 5.74) is 2.73. The maximum absolute atomic E-state index is 9.74. The summed E-state index contributed by atoms with van der Waals surface area (Å²) >= 11 is 0. The van der Waals surface area contributed by atoms with Gasteiger partial charge in [-0.3, -0.25) is 4.99 Å². The van der Waals surface area contributed by atoms with Crippen molar-refractivity contribution < 1.29 is 5.11 Å². The minimum Gasteiger partial charge on any atom is -0.396 e. The summed E-state index contributed by atoms with van der Waals surface area (Å²) in [6.07, 6.45) is 2.40. The molecule has 0 amide bonds. The first-order valence-corrected chi connectivity index (χ1v) is 9.51. The number of aliphatic hydroxyl groups excluding tert-OH is 1. The van der Waals surface area contributed by atoms with Gasteiger partial charge in [0.15, 0.2) is 5.96 Å². The van der Waals surface area contributed by atoms with E-state index in [1.807, 2.05) is 18.2 Å². The summed E-state index contributed by atoms with van der Waals surface area (Å²) in [4.78, 5) is 4.84. The van der Waals surface area contributed by atoms with Crippen LogP contribution in [-0.2, 0) is 5.41 Å². The van der Waals surface area contributed by atoms with Gasteiger partial charge in [-0.25, -0.2) is 0 Å². The van der Waals surface area contributed by atoms with E-state index >= 15 is 0 Å². The highest BCUT2D eigenvalue weighted by molar-refractivity contribution is 14.0. The Hall–Kier alpha value is -1.60. The van der Waals surface area contributed by atoms with Crippen molar-refractivity contribution in [3.8, 4) is 0 Å². The van der Waals surface area contributed by atoms with Crippen LogP contribution in [0.3, 0.4) is 0 Å². The third-order valence-electron chi connectivity index (χ3n) is 5.13. The SMILES string of the molecule is CCNC(=NCC1(c2ccccc2)CC1)NCC(CO)c1ccccc1.I. The van der Waals surface area contributed by atoms with Crippen LogP contribution in [0.1, 0.15) is 36.8 Å². The van der Waals surface area contributed by atoms with Gasteiger partial charge in [0, 0.05) is 24.4 Å². The van der Waals surface area contributed by atoms with Crippen molar-refractivity contribution in [2.45, 2.75) is 31.1 Å². The van der Waals surface area contributed by atoms with E-state index in [1.165, 1.54) is 18.4 Å². The van der Waals surface area contributed by atoms with E-state index in [1.54, 1.807) is 0 Å². The molecule has 1 aliphatic carbocycles. The van der Waals surface area contributed by atoms with Crippen molar-refractivity contribution >= 4 is 29.9 Å². The summed E-state index contributed by atoms with van der Waals surface area (Å²) in [5.74, 6) is 0.883. The van der Waals surface area contributed by atoms with Crippen LogP contribution in [0.4, 0.5) is 0 Å². The van der Waals surface area contributed by atoms with Crippen LogP contribution in [0, 0.1) is 0 Å². The fraction of sp³-hybridized carbons (Fsp3) is 0.409. The average Bonchev–Trinajstić information content (AvgIpc) is 3.49. The van der Waals surface area contributed by atoms with Gasteiger partial charge in [0.05, 0.1) is 13.2 Å². The van der Waals surface area contributed by atoms with Gasteiger partial charge >= 0.3 is 0 Å². The molecule has 0 saturated heterocycles. The smallest absolute Gasteiger partial charge is 0.191 e. The van der Waals surface area contributed by atoms with Crippen LogP contribution in [-0.4, -0.2) is 37.3 Å². The van der Waals surface area contributed by atoms with E-state index in [-0.39, 0.29) is 41.9 Å².